The normalized spacial score (nSPS) is 11.3. The van der Waals surface area contributed by atoms with E-state index in [4.69, 9.17) is 9.97 Å². The van der Waals surface area contributed by atoms with Gasteiger partial charge in [0.1, 0.15) is 0 Å². The maximum absolute atomic E-state index is 5.12. The molecule has 0 saturated carbocycles. The quantitative estimate of drug-likeness (QED) is 0.267. The smallest absolute Gasteiger partial charge is 0.161 e. The summed E-state index contributed by atoms with van der Waals surface area (Å²) >= 11 is 0. The van der Waals surface area contributed by atoms with Crippen molar-refractivity contribution in [3.05, 3.63) is 128 Å². The fraction of sp³-hybridized carbons (Fsp3) is 0. The van der Waals surface area contributed by atoms with Crippen molar-refractivity contribution in [2.24, 2.45) is 0 Å². The summed E-state index contributed by atoms with van der Waals surface area (Å²) in [4.78, 5) is 14.7. The lowest BCUT2D eigenvalue weighted by atomic mass is 9.98. The number of aromatic nitrogens is 3. The first kappa shape index (κ1) is 20.5. The van der Waals surface area contributed by atoms with Gasteiger partial charge in [-0.2, -0.15) is 0 Å². The van der Waals surface area contributed by atoms with E-state index in [2.05, 4.69) is 108 Å². The summed E-state index contributed by atoms with van der Waals surface area (Å²) < 4.78 is 0. The molecule has 0 spiro atoms. The van der Waals surface area contributed by atoms with Gasteiger partial charge in [0.25, 0.3) is 0 Å². The van der Waals surface area contributed by atoms with E-state index < -0.39 is 0 Å². The molecule has 3 heteroatoms. The lowest BCUT2D eigenvalue weighted by Crippen LogP contribution is -1.96. The first-order valence-electron chi connectivity index (χ1n) is 12.0. The molecule has 0 saturated heterocycles. The van der Waals surface area contributed by atoms with Crippen LogP contribution in [-0.2, 0) is 0 Å². The number of benzene rings is 5. The Morgan fingerprint density at radius 1 is 0.444 bits per heavy atom. The third kappa shape index (κ3) is 3.41. The van der Waals surface area contributed by atoms with Gasteiger partial charge in [-0.15, -0.1) is 0 Å². The summed E-state index contributed by atoms with van der Waals surface area (Å²) in [5.41, 5.74) is 7.25. The Balaban J connectivity index is 1.40. The Hall–Kier alpha value is -4.89. The molecule has 168 valence electrons. The van der Waals surface area contributed by atoms with Crippen LogP contribution in [0.15, 0.2) is 128 Å². The lowest BCUT2D eigenvalue weighted by molar-refractivity contribution is 1.23. The highest BCUT2D eigenvalue weighted by atomic mass is 14.9. The molecule has 0 bridgehead atoms. The van der Waals surface area contributed by atoms with Gasteiger partial charge < -0.3 is 0 Å². The first-order chi connectivity index (χ1) is 17.8. The zero-order valence-corrected chi connectivity index (χ0v) is 19.5. The summed E-state index contributed by atoms with van der Waals surface area (Å²) in [7, 11) is 0. The Bertz CT molecular complexity index is 1880. The lowest BCUT2D eigenvalue weighted by Gasteiger charge is -2.12. The Morgan fingerprint density at radius 3 is 2.00 bits per heavy atom. The number of pyridine rings is 1. The van der Waals surface area contributed by atoms with Crippen LogP contribution in [-0.4, -0.2) is 15.0 Å². The number of rotatable bonds is 3. The minimum Gasteiger partial charge on any atom is -0.256 e. The molecule has 3 nitrogen and oxygen atoms in total. The van der Waals surface area contributed by atoms with E-state index in [9.17, 15) is 0 Å². The molecular formula is C33H21N3. The third-order valence-electron chi connectivity index (χ3n) is 6.74. The van der Waals surface area contributed by atoms with E-state index in [1.165, 1.54) is 5.39 Å². The molecule has 0 aliphatic heterocycles. The standard InChI is InChI=1S/C33H21N3/c1-2-12-26-22(8-1)9-5-15-28(26)33-35-30-16-4-3-13-29(30)32(36-33)25-19-17-23(18-20-25)27-14-6-10-24-11-7-21-34-31(24)27/h1-21H. The van der Waals surface area contributed by atoms with E-state index in [1.54, 1.807) is 0 Å². The van der Waals surface area contributed by atoms with Crippen LogP contribution < -0.4 is 0 Å². The molecular weight excluding hydrogens is 438 g/mol. The molecule has 0 atom stereocenters. The van der Waals surface area contributed by atoms with Crippen LogP contribution in [0.5, 0.6) is 0 Å². The van der Waals surface area contributed by atoms with Crippen LogP contribution in [0, 0.1) is 0 Å². The van der Waals surface area contributed by atoms with Crippen LogP contribution in [0.2, 0.25) is 0 Å². The van der Waals surface area contributed by atoms with Crippen LogP contribution >= 0.6 is 0 Å². The fourth-order valence-corrected chi connectivity index (χ4v) is 4.98. The van der Waals surface area contributed by atoms with Crippen LogP contribution in [0.4, 0.5) is 0 Å². The largest absolute Gasteiger partial charge is 0.256 e. The van der Waals surface area contributed by atoms with Gasteiger partial charge >= 0.3 is 0 Å². The van der Waals surface area contributed by atoms with Crippen molar-refractivity contribution in [1.29, 1.82) is 0 Å². The molecule has 7 aromatic rings. The van der Waals surface area contributed by atoms with Gasteiger partial charge in [-0.25, -0.2) is 9.97 Å². The highest BCUT2D eigenvalue weighted by Crippen LogP contribution is 2.34. The van der Waals surface area contributed by atoms with Gasteiger partial charge in [-0.05, 0) is 28.5 Å². The maximum Gasteiger partial charge on any atom is 0.161 e. The molecule has 0 fully saturated rings. The Morgan fingerprint density at radius 2 is 1.11 bits per heavy atom. The summed E-state index contributed by atoms with van der Waals surface area (Å²) in [6, 6.07) is 41.9. The van der Waals surface area contributed by atoms with Gasteiger partial charge in [-0.1, -0.05) is 109 Å². The average Bonchev–Trinajstić information content (AvgIpc) is 2.96. The van der Waals surface area contributed by atoms with Gasteiger partial charge in [-0.3, -0.25) is 4.98 Å². The molecule has 0 aliphatic rings. The van der Waals surface area contributed by atoms with Crippen LogP contribution in [0.1, 0.15) is 0 Å². The first-order valence-corrected chi connectivity index (χ1v) is 12.0. The zero-order chi connectivity index (χ0) is 23.9. The van der Waals surface area contributed by atoms with Crippen molar-refractivity contribution in [3.8, 4) is 33.8 Å². The number of hydrogen-bond acceptors (Lipinski definition) is 3. The summed E-state index contributed by atoms with van der Waals surface area (Å²) in [6.07, 6.45) is 1.85. The molecule has 7 rings (SSSR count). The second-order valence-electron chi connectivity index (χ2n) is 8.90. The number of fused-ring (bicyclic) bond motifs is 3. The predicted octanol–water partition coefficient (Wildman–Crippen LogP) is 8.33. The third-order valence-corrected chi connectivity index (χ3v) is 6.74. The highest BCUT2D eigenvalue weighted by molar-refractivity contribution is 5.99. The molecule has 5 aromatic carbocycles. The minimum absolute atomic E-state index is 0.739. The summed E-state index contributed by atoms with van der Waals surface area (Å²) in [5.74, 6) is 0.739. The molecule has 0 unspecified atom stereocenters. The summed E-state index contributed by atoms with van der Waals surface area (Å²) in [5, 5.41) is 4.52. The SMILES string of the molecule is c1ccc2c(-c3nc(-c4ccc(-c5cccc6cccnc56)cc4)c4ccccc4n3)cccc2c1. The van der Waals surface area contributed by atoms with Gasteiger partial charge in [0.05, 0.1) is 16.7 Å². The van der Waals surface area contributed by atoms with Crippen molar-refractivity contribution in [1.82, 2.24) is 15.0 Å². The van der Waals surface area contributed by atoms with Crippen molar-refractivity contribution >= 4 is 32.6 Å². The Labute approximate surface area is 208 Å². The monoisotopic (exact) mass is 459 g/mol. The second kappa shape index (κ2) is 8.40. The zero-order valence-electron chi connectivity index (χ0n) is 19.5. The summed E-state index contributed by atoms with van der Waals surface area (Å²) in [6.45, 7) is 0. The average molecular weight is 460 g/mol. The van der Waals surface area contributed by atoms with Gasteiger partial charge in [0.2, 0.25) is 0 Å². The minimum atomic E-state index is 0.739. The van der Waals surface area contributed by atoms with E-state index >= 15 is 0 Å². The van der Waals surface area contributed by atoms with E-state index in [-0.39, 0.29) is 0 Å². The van der Waals surface area contributed by atoms with Crippen molar-refractivity contribution < 1.29 is 0 Å². The van der Waals surface area contributed by atoms with E-state index in [0.29, 0.717) is 0 Å². The number of nitrogens with zero attached hydrogens (tertiary/aromatic N) is 3. The molecule has 2 heterocycles. The molecule has 0 radical (unpaired) electrons. The highest BCUT2D eigenvalue weighted by Gasteiger charge is 2.14. The second-order valence-corrected chi connectivity index (χ2v) is 8.90. The topological polar surface area (TPSA) is 38.7 Å². The maximum atomic E-state index is 5.12. The molecule has 2 aromatic heterocycles. The number of para-hydroxylation sites is 2. The fourth-order valence-electron chi connectivity index (χ4n) is 4.98. The van der Waals surface area contributed by atoms with E-state index in [1.807, 2.05) is 24.4 Å². The number of hydrogen-bond donors (Lipinski definition) is 0. The molecule has 36 heavy (non-hydrogen) atoms. The van der Waals surface area contributed by atoms with Crippen LogP contribution in [0.3, 0.4) is 0 Å². The van der Waals surface area contributed by atoms with Crippen molar-refractivity contribution in [2.75, 3.05) is 0 Å². The van der Waals surface area contributed by atoms with Crippen LogP contribution in [0.25, 0.3) is 66.4 Å². The van der Waals surface area contributed by atoms with Crippen molar-refractivity contribution in [3.63, 3.8) is 0 Å². The van der Waals surface area contributed by atoms with Gasteiger partial charge in [0.15, 0.2) is 5.82 Å². The Kier molecular flexibility index (Phi) is 4.78. The van der Waals surface area contributed by atoms with Crippen molar-refractivity contribution in [2.45, 2.75) is 0 Å². The predicted molar refractivity (Wildman–Crippen MR) is 149 cm³/mol. The van der Waals surface area contributed by atoms with Gasteiger partial charge in [0, 0.05) is 33.7 Å². The molecule has 0 amide bonds. The van der Waals surface area contributed by atoms with E-state index in [0.717, 1.165) is 61.0 Å². The molecule has 0 N–H and O–H groups in total. The molecule has 0 aliphatic carbocycles.